The van der Waals surface area contributed by atoms with Crippen molar-refractivity contribution in [2.75, 3.05) is 4.90 Å². The normalized spacial score (nSPS) is 18.4. The van der Waals surface area contributed by atoms with Gasteiger partial charge in [0.2, 0.25) is 0 Å². The first-order valence-electron chi connectivity index (χ1n) is 9.71. The Labute approximate surface area is 185 Å². The molecule has 1 N–H and O–H groups in total. The first kappa shape index (κ1) is 18.9. The Morgan fingerprint density at radius 1 is 0.867 bits per heavy atom. The van der Waals surface area contributed by atoms with Gasteiger partial charge < -0.3 is 14.8 Å². The summed E-state index contributed by atoms with van der Waals surface area (Å²) in [4.78, 5) is 6.79. The summed E-state index contributed by atoms with van der Waals surface area (Å²) >= 11 is 12.1. The van der Waals surface area contributed by atoms with E-state index >= 15 is 0 Å². The maximum absolute atomic E-state index is 6.28. The van der Waals surface area contributed by atoms with E-state index in [4.69, 9.17) is 23.8 Å². The second-order valence-corrected chi connectivity index (χ2v) is 7.94. The highest BCUT2D eigenvalue weighted by Crippen LogP contribution is 2.42. The van der Waals surface area contributed by atoms with Crippen LogP contribution >= 0.6 is 23.8 Å². The van der Waals surface area contributed by atoms with Crippen molar-refractivity contribution in [2.45, 2.75) is 12.1 Å². The summed E-state index contributed by atoms with van der Waals surface area (Å²) in [5.74, 6) is 0. The molecule has 0 unspecified atom stereocenters. The number of thiocarbonyl (C=S) groups is 1. The molecule has 0 aliphatic carbocycles. The zero-order valence-electron chi connectivity index (χ0n) is 16.0. The number of benzene rings is 2. The van der Waals surface area contributed by atoms with Crippen LogP contribution in [0.25, 0.3) is 5.69 Å². The molecule has 0 bridgehead atoms. The number of anilines is 1. The second kappa shape index (κ2) is 7.94. The van der Waals surface area contributed by atoms with Gasteiger partial charge in [-0.3, -0.25) is 4.98 Å². The van der Waals surface area contributed by atoms with Crippen molar-refractivity contribution >= 4 is 34.6 Å². The fraction of sp³-hybridized carbons (Fsp3) is 0.0833. The highest BCUT2D eigenvalue weighted by molar-refractivity contribution is 7.80. The minimum Gasteiger partial charge on any atom is -0.351 e. The summed E-state index contributed by atoms with van der Waals surface area (Å²) in [7, 11) is 0. The lowest BCUT2D eigenvalue weighted by molar-refractivity contribution is 0.549. The molecule has 0 radical (unpaired) electrons. The fourth-order valence-corrected chi connectivity index (χ4v) is 4.55. The van der Waals surface area contributed by atoms with Crippen LogP contribution in [0.1, 0.15) is 23.5 Å². The van der Waals surface area contributed by atoms with Crippen molar-refractivity contribution < 1.29 is 0 Å². The van der Waals surface area contributed by atoms with Gasteiger partial charge in [0.15, 0.2) is 5.11 Å². The molecule has 1 saturated heterocycles. The predicted octanol–water partition coefficient (Wildman–Crippen LogP) is 5.70. The molecule has 1 aliphatic rings. The minimum atomic E-state index is -0.0910. The second-order valence-electron chi connectivity index (χ2n) is 7.12. The number of pyridine rings is 1. The zero-order chi connectivity index (χ0) is 20.5. The van der Waals surface area contributed by atoms with Crippen molar-refractivity contribution in [3.05, 3.63) is 114 Å². The van der Waals surface area contributed by atoms with Gasteiger partial charge in [-0.1, -0.05) is 41.9 Å². The predicted molar refractivity (Wildman–Crippen MR) is 125 cm³/mol. The summed E-state index contributed by atoms with van der Waals surface area (Å²) in [6.45, 7) is 0. The van der Waals surface area contributed by atoms with Gasteiger partial charge in [0.05, 0.1) is 11.7 Å². The molecular weight excluding hydrogens is 412 g/mol. The Hall–Kier alpha value is -3.15. The fourth-order valence-electron chi connectivity index (χ4n) is 4.02. The molecule has 148 valence electrons. The van der Waals surface area contributed by atoms with Gasteiger partial charge >= 0.3 is 0 Å². The molecule has 2 atom stereocenters. The Kier molecular flexibility index (Phi) is 4.99. The zero-order valence-corrected chi connectivity index (χ0v) is 17.6. The van der Waals surface area contributed by atoms with Crippen LogP contribution in [-0.2, 0) is 0 Å². The van der Waals surface area contributed by atoms with E-state index in [-0.39, 0.29) is 12.1 Å². The molecule has 2 aromatic heterocycles. The third kappa shape index (κ3) is 3.36. The lowest BCUT2D eigenvalue weighted by Gasteiger charge is -2.29. The number of nitrogens with one attached hydrogen (secondary N) is 1. The van der Waals surface area contributed by atoms with Crippen LogP contribution in [0.5, 0.6) is 0 Å². The topological polar surface area (TPSA) is 33.1 Å². The Morgan fingerprint density at radius 2 is 1.67 bits per heavy atom. The molecule has 6 heteroatoms. The summed E-state index contributed by atoms with van der Waals surface area (Å²) in [6.07, 6.45) is 3.87. The molecule has 5 rings (SSSR count). The lowest BCUT2D eigenvalue weighted by atomic mass is 10.0. The van der Waals surface area contributed by atoms with Gasteiger partial charge in [-0.05, 0) is 66.8 Å². The van der Waals surface area contributed by atoms with E-state index in [2.05, 4.69) is 56.3 Å². The van der Waals surface area contributed by atoms with Crippen molar-refractivity contribution in [1.29, 1.82) is 0 Å². The largest absolute Gasteiger partial charge is 0.351 e. The summed E-state index contributed by atoms with van der Waals surface area (Å²) in [5.41, 5.74) is 4.09. The van der Waals surface area contributed by atoms with Crippen LogP contribution in [-0.4, -0.2) is 14.7 Å². The van der Waals surface area contributed by atoms with E-state index in [0.717, 1.165) is 22.8 Å². The number of halogens is 1. The van der Waals surface area contributed by atoms with Crippen molar-refractivity contribution in [3.8, 4) is 5.69 Å². The van der Waals surface area contributed by atoms with Crippen LogP contribution in [0.4, 0.5) is 5.69 Å². The number of hydrogen-bond acceptors (Lipinski definition) is 2. The Balaban J connectivity index is 1.67. The lowest BCUT2D eigenvalue weighted by Crippen LogP contribution is -2.30. The van der Waals surface area contributed by atoms with Crippen LogP contribution in [0.2, 0.25) is 5.02 Å². The standard InChI is InChI=1S/C24H19ClN4S/c25-17-8-6-11-19(16-17)28-15-7-13-21(28)23-22(20-12-4-5-14-26-20)27-24(30)29(23)18-9-2-1-3-10-18/h1-16,22-23H,(H,27,30)/t22-,23-/m1/s1. The molecule has 0 spiro atoms. The smallest absolute Gasteiger partial charge is 0.174 e. The molecule has 3 heterocycles. The van der Waals surface area contributed by atoms with Crippen molar-refractivity contribution in [2.24, 2.45) is 0 Å². The van der Waals surface area contributed by atoms with Crippen molar-refractivity contribution in [3.63, 3.8) is 0 Å². The van der Waals surface area contributed by atoms with E-state index in [9.17, 15) is 0 Å². The van der Waals surface area contributed by atoms with Gasteiger partial charge in [-0.25, -0.2) is 0 Å². The van der Waals surface area contributed by atoms with Gasteiger partial charge in [-0.2, -0.15) is 0 Å². The summed E-state index contributed by atoms with van der Waals surface area (Å²) < 4.78 is 2.16. The quantitative estimate of drug-likeness (QED) is 0.421. The Bertz CT molecular complexity index is 1180. The van der Waals surface area contributed by atoms with Crippen molar-refractivity contribution in [1.82, 2.24) is 14.9 Å². The summed E-state index contributed by atoms with van der Waals surface area (Å²) in [5, 5.41) is 4.89. The molecular formula is C24H19ClN4S. The van der Waals surface area contributed by atoms with E-state index in [1.54, 1.807) is 0 Å². The first-order valence-corrected chi connectivity index (χ1v) is 10.5. The van der Waals surface area contributed by atoms with Crippen LogP contribution < -0.4 is 10.2 Å². The average molecular weight is 431 g/mol. The first-order chi connectivity index (χ1) is 14.7. The number of rotatable bonds is 4. The molecule has 0 amide bonds. The van der Waals surface area contributed by atoms with Gasteiger partial charge in [-0.15, -0.1) is 0 Å². The van der Waals surface area contributed by atoms with Gasteiger partial charge in [0, 0.05) is 34.5 Å². The Morgan fingerprint density at radius 3 is 2.43 bits per heavy atom. The van der Waals surface area contributed by atoms with E-state index < -0.39 is 0 Å². The van der Waals surface area contributed by atoms with Crippen LogP contribution in [0.3, 0.4) is 0 Å². The number of para-hydroxylation sites is 1. The minimum absolute atomic E-state index is 0.0798. The van der Waals surface area contributed by atoms with E-state index in [1.165, 1.54) is 0 Å². The van der Waals surface area contributed by atoms with Crippen LogP contribution in [0, 0.1) is 0 Å². The van der Waals surface area contributed by atoms with Gasteiger partial charge in [0.25, 0.3) is 0 Å². The number of hydrogen-bond donors (Lipinski definition) is 1. The molecule has 4 aromatic rings. The monoisotopic (exact) mass is 430 g/mol. The molecule has 4 nitrogen and oxygen atoms in total. The third-order valence-corrected chi connectivity index (χ3v) is 5.85. The maximum Gasteiger partial charge on any atom is 0.174 e. The van der Waals surface area contributed by atoms with E-state index in [0.29, 0.717) is 10.1 Å². The SMILES string of the molecule is S=C1N[C@H](c2ccccn2)[C@@H](c2cccn2-c2cccc(Cl)c2)N1c1ccccc1. The average Bonchev–Trinajstić information content (AvgIpc) is 3.39. The highest BCUT2D eigenvalue weighted by Gasteiger charge is 2.42. The molecule has 1 aliphatic heterocycles. The van der Waals surface area contributed by atoms with Crippen LogP contribution in [0.15, 0.2) is 97.3 Å². The number of aromatic nitrogens is 2. The molecule has 2 aromatic carbocycles. The molecule has 1 fully saturated rings. The number of nitrogens with zero attached hydrogens (tertiary/aromatic N) is 3. The highest BCUT2D eigenvalue weighted by atomic mass is 35.5. The van der Waals surface area contributed by atoms with Gasteiger partial charge in [0.1, 0.15) is 6.04 Å². The van der Waals surface area contributed by atoms with E-state index in [1.807, 2.05) is 60.8 Å². The maximum atomic E-state index is 6.28. The molecule has 30 heavy (non-hydrogen) atoms. The summed E-state index contributed by atoms with van der Waals surface area (Å²) in [6, 6.07) is 28.1. The third-order valence-electron chi connectivity index (χ3n) is 5.30. The molecule has 0 saturated carbocycles.